The van der Waals surface area contributed by atoms with Gasteiger partial charge in [0.25, 0.3) is 0 Å². The quantitative estimate of drug-likeness (QED) is 0.826. The zero-order chi connectivity index (χ0) is 18.9. The number of rotatable bonds is 4. The van der Waals surface area contributed by atoms with Crippen LogP contribution in [0.5, 0.6) is 0 Å². The Bertz CT molecular complexity index is 640. The molecular formula is C23H34ClN3O. The molecule has 0 bridgehead atoms. The van der Waals surface area contributed by atoms with Crippen molar-refractivity contribution in [2.24, 2.45) is 0 Å². The molecule has 1 aromatic carbocycles. The largest absolute Gasteiger partial charge is 0.371 e. The SMILES string of the molecule is Clc1ccc([C@H]2CN3C[C@@H](NC4CCN(C5CCCC5)CC4)C[C@H]3CO2)cc1. The molecule has 1 aliphatic carbocycles. The summed E-state index contributed by atoms with van der Waals surface area (Å²) in [4.78, 5) is 5.42. The Morgan fingerprint density at radius 2 is 1.61 bits per heavy atom. The topological polar surface area (TPSA) is 27.7 Å². The molecule has 4 fully saturated rings. The number of nitrogens with zero attached hydrogens (tertiary/aromatic N) is 2. The van der Waals surface area contributed by atoms with Crippen LogP contribution in [0.25, 0.3) is 0 Å². The number of halogens is 1. The van der Waals surface area contributed by atoms with Gasteiger partial charge in [0.2, 0.25) is 0 Å². The summed E-state index contributed by atoms with van der Waals surface area (Å²) in [5.74, 6) is 0. The Morgan fingerprint density at radius 1 is 0.857 bits per heavy atom. The van der Waals surface area contributed by atoms with Crippen LogP contribution in [0.4, 0.5) is 0 Å². The van der Waals surface area contributed by atoms with Gasteiger partial charge in [0.1, 0.15) is 0 Å². The molecule has 0 radical (unpaired) electrons. The first-order valence-electron chi connectivity index (χ1n) is 11.4. The fourth-order valence-corrected chi connectivity index (χ4v) is 6.03. The van der Waals surface area contributed by atoms with Crippen LogP contribution in [0.15, 0.2) is 24.3 Å². The fourth-order valence-electron chi connectivity index (χ4n) is 5.91. The highest BCUT2D eigenvalue weighted by molar-refractivity contribution is 6.30. The summed E-state index contributed by atoms with van der Waals surface area (Å²) in [7, 11) is 0. The number of fused-ring (bicyclic) bond motifs is 1. The number of morpholine rings is 1. The Hall–Kier alpha value is -0.650. The van der Waals surface area contributed by atoms with Gasteiger partial charge in [-0.15, -0.1) is 0 Å². The minimum absolute atomic E-state index is 0.182. The van der Waals surface area contributed by atoms with Gasteiger partial charge in [0, 0.05) is 42.3 Å². The lowest BCUT2D eigenvalue weighted by Crippen LogP contribution is -2.49. The molecule has 0 spiro atoms. The van der Waals surface area contributed by atoms with Crippen LogP contribution < -0.4 is 5.32 Å². The maximum Gasteiger partial charge on any atom is 0.0952 e. The van der Waals surface area contributed by atoms with Gasteiger partial charge in [-0.05, 0) is 62.9 Å². The highest BCUT2D eigenvalue weighted by Gasteiger charge is 2.38. The van der Waals surface area contributed by atoms with Crippen molar-refractivity contribution in [3.05, 3.63) is 34.9 Å². The molecule has 0 amide bonds. The van der Waals surface area contributed by atoms with Crippen molar-refractivity contribution in [2.45, 2.75) is 75.2 Å². The van der Waals surface area contributed by atoms with Crippen LogP contribution in [0.2, 0.25) is 5.02 Å². The summed E-state index contributed by atoms with van der Waals surface area (Å²) in [6.45, 7) is 5.62. The normalized spacial score (nSPS) is 33.4. The summed E-state index contributed by atoms with van der Waals surface area (Å²) >= 11 is 6.03. The van der Waals surface area contributed by atoms with Crippen LogP contribution >= 0.6 is 11.6 Å². The highest BCUT2D eigenvalue weighted by atomic mass is 35.5. The van der Waals surface area contributed by atoms with Crippen LogP contribution in [-0.2, 0) is 4.74 Å². The van der Waals surface area contributed by atoms with Crippen molar-refractivity contribution in [1.29, 1.82) is 0 Å². The fraction of sp³-hybridized carbons (Fsp3) is 0.739. The van der Waals surface area contributed by atoms with Crippen LogP contribution in [0, 0.1) is 0 Å². The number of hydrogen-bond donors (Lipinski definition) is 1. The molecule has 3 saturated heterocycles. The molecule has 1 saturated carbocycles. The smallest absolute Gasteiger partial charge is 0.0952 e. The lowest BCUT2D eigenvalue weighted by atomic mass is 10.0. The van der Waals surface area contributed by atoms with Gasteiger partial charge >= 0.3 is 0 Å². The first kappa shape index (κ1) is 19.3. The van der Waals surface area contributed by atoms with E-state index in [1.54, 1.807) is 0 Å². The predicted molar refractivity (Wildman–Crippen MR) is 114 cm³/mol. The number of ether oxygens (including phenoxy) is 1. The van der Waals surface area contributed by atoms with Gasteiger partial charge in [0.15, 0.2) is 0 Å². The molecule has 1 aromatic rings. The molecular weight excluding hydrogens is 370 g/mol. The molecule has 5 heteroatoms. The van der Waals surface area contributed by atoms with Gasteiger partial charge in [-0.25, -0.2) is 0 Å². The van der Waals surface area contributed by atoms with E-state index in [2.05, 4.69) is 27.2 Å². The first-order valence-corrected chi connectivity index (χ1v) is 11.7. The number of nitrogens with one attached hydrogen (secondary N) is 1. The Balaban J connectivity index is 1.10. The third-order valence-corrected chi connectivity index (χ3v) is 7.75. The molecule has 1 N–H and O–H groups in total. The maximum absolute atomic E-state index is 6.21. The lowest BCUT2D eigenvalue weighted by molar-refractivity contribution is -0.0502. The van der Waals surface area contributed by atoms with Crippen molar-refractivity contribution < 1.29 is 4.74 Å². The third kappa shape index (κ3) is 4.27. The first-order chi connectivity index (χ1) is 13.7. The molecule has 4 aliphatic rings. The van der Waals surface area contributed by atoms with Gasteiger partial charge in [0.05, 0.1) is 12.7 Å². The molecule has 0 unspecified atom stereocenters. The number of benzene rings is 1. The second-order valence-electron chi connectivity index (χ2n) is 9.33. The van der Waals surface area contributed by atoms with Gasteiger partial charge in [-0.1, -0.05) is 36.6 Å². The average molecular weight is 404 g/mol. The van der Waals surface area contributed by atoms with E-state index in [0.29, 0.717) is 18.1 Å². The second kappa shape index (κ2) is 8.61. The van der Waals surface area contributed by atoms with Crippen LogP contribution in [0.3, 0.4) is 0 Å². The van der Waals surface area contributed by atoms with E-state index < -0.39 is 0 Å². The van der Waals surface area contributed by atoms with Crippen molar-refractivity contribution in [3.8, 4) is 0 Å². The van der Waals surface area contributed by atoms with Gasteiger partial charge in [-0.2, -0.15) is 0 Å². The minimum atomic E-state index is 0.182. The van der Waals surface area contributed by atoms with Crippen molar-refractivity contribution >= 4 is 11.6 Å². The molecule has 154 valence electrons. The number of hydrogen-bond acceptors (Lipinski definition) is 4. The van der Waals surface area contributed by atoms with E-state index in [-0.39, 0.29) is 6.10 Å². The van der Waals surface area contributed by atoms with Crippen LogP contribution in [-0.4, -0.2) is 66.8 Å². The van der Waals surface area contributed by atoms with E-state index >= 15 is 0 Å². The molecule has 0 aromatic heterocycles. The average Bonchev–Trinajstić information content (AvgIpc) is 3.38. The summed E-state index contributed by atoms with van der Waals surface area (Å²) < 4.78 is 6.21. The van der Waals surface area contributed by atoms with E-state index in [4.69, 9.17) is 16.3 Å². The Kier molecular flexibility index (Phi) is 5.94. The molecule has 3 aliphatic heterocycles. The molecule has 4 nitrogen and oxygen atoms in total. The minimum Gasteiger partial charge on any atom is -0.371 e. The molecule has 3 atom stereocenters. The third-order valence-electron chi connectivity index (χ3n) is 7.50. The van der Waals surface area contributed by atoms with E-state index in [9.17, 15) is 0 Å². The predicted octanol–water partition coefficient (Wildman–Crippen LogP) is 3.85. The van der Waals surface area contributed by atoms with E-state index in [0.717, 1.165) is 24.2 Å². The van der Waals surface area contributed by atoms with E-state index in [1.165, 1.54) is 70.1 Å². The Morgan fingerprint density at radius 3 is 2.36 bits per heavy atom. The zero-order valence-corrected chi connectivity index (χ0v) is 17.6. The molecule has 5 rings (SSSR count). The number of likely N-dealkylation sites (tertiary alicyclic amines) is 1. The van der Waals surface area contributed by atoms with Gasteiger partial charge in [-0.3, -0.25) is 4.90 Å². The van der Waals surface area contributed by atoms with Crippen molar-refractivity contribution in [1.82, 2.24) is 15.1 Å². The highest BCUT2D eigenvalue weighted by Crippen LogP contribution is 2.32. The summed E-state index contributed by atoms with van der Waals surface area (Å²) in [6, 6.07) is 11.0. The second-order valence-corrected chi connectivity index (χ2v) is 9.77. The number of piperidine rings is 1. The Labute approximate surface area is 174 Å². The van der Waals surface area contributed by atoms with Crippen molar-refractivity contribution in [3.63, 3.8) is 0 Å². The van der Waals surface area contributed by atoms with E-state index in [1.807, 2.05) is 12.1 Å². The summed E-state index contributed by atoms with van der Waals surface area (Å²) in [6.07, 6.45) is 9.82. The monoisotopic (exact) mass is 403 g/mol. The lowest BCUT2D eigenvalue weighted by Gasteiger charge is -2.37. The zero-order valence-electron chi connectivity index (χ0n) is 16.9. The molecule has 28 heavy (non-hydrogen) atoms. The standard InChI is InChI=1S/C23H34ClN3O/c24-18-7-5-17(6-8-18)23-15-27-14-20(13-22(27)16-28-23)25-19-9-11-26(12-10-19)21-3-1-2-4-21/h5-8,19-23,25H,1-4,9-16H2/t20-,22-,23+/m0/s1. The maximum atomic E-state index is 6.21. The van der Waals surface area contributed by atoms with Crippen molar-refractivity contribution in [2.75, 3.05) is 32.8 Å². The summed E-state index contributed by atoms with van der Waals surface area (Å²) in [5, 5.41) is 4.80. The van der Waals surface area contributed by atoms with Crippen LogP contribution in [0.1, 0.15) is 56.6 Å². The summed E-state index contributed by atoms with van der Waals surface area (Å²) in [5.41, 5.74) is 1.25. The van der Waals surface area contributed by atoms with Gasteiger partial charge < -0.3 is 15.0 Å². The molecule has 3 heterocycles.